The molecule has 0 spiro atoms. The molecule has 5 nitrogen and oxygen atoms in total. The summed E-state index contributed by atoms with van der Waals surface area (Å²) < 4.78 is 15.1. The normalized spacial score (nSPS) is 10.0. The summed E-state index contributed by atoms with van der Waals surface area (Å²) in [4.78, 5) is 23.0. The van der Waals surface area contributed by atoms with Crippen molar-refractivity contribution in [1.82, 2.24) is 0 Å². The minimum atomic E-state index is -0.552. The number of hydrogen-bond donors (Lipinski definition) is 0. The van der Waals surface area contributed by atoms with Crippen LogP contribution in [0.4, 0.5) is 0 Å². The Balaban J connectivity index is 1.89. The van der Waals surface area contributed by atoms with Gasteiger partial charge in [0.2, 0.25) is 0 Å². The third kappa shape index (κ3) is 4.72. The molecule has 0 aliphatic heterocycles. The van der Waals surface area contributed by atoms with Gasteiger partial charge in [0.05, 0.1) is 12.7 Å². The molecule has 0 N–H and O–H groups in total. The maximum Gasteiger partial charge on any atom is 0.349 e. The van der Waals surface area contributed by atoms with Crippen molar-refractivity contribution < 1.29 is 23.8 Å². The smallest absolute Gasteiger partial charge is 0.349 e. The van der Waals surface area contributed by atoms with E-state index in [1.807, 2.05) is 6.92 Å². The van der Waals surface area contributed by atoms with Crippen molar-refractivity contribution in [3.05, 3.63) is 58.6 Å². The molecule has 0 atom stereocenters. The zero-order chi connectivity index (χ0) is 16.8. The quantitative estimate of drug-likeness (QED) is 0.619. The van der Waals surface area contributed by atoms with Gasteiger partial charge in [-0.25, -0.2) is 9.59 Å². The molecule has 0 heterocycles. The van der Waals surface area contributed by atoms with Gasteiger partial charge in [-0.05, 0) is 55.0 Å². The van der Waals surface area contributed by atoms with E-state index in [2.05, 4.69) is 4.74 Å². The zero-order valence-electron chi connectivity index (χ0n) is 12.7. The Morgan fingerprint density at radius 3 is 2.30 bits per heavy atom. The van der Waals surface area contributed by atoms with E-state index in [1.54, 1.807) is 18.2 Å². The van der Waals surface area contributed by atoms with E-state index in [9.17, 15) is 9.59 Å². The van der Waals surface area contributed by atoms with Crippen molar-refractivity contribution in [2.75, 3.05) is 13.7 Å². The van der Waals surface area contributed by atoms with E-state index in [4.69, 9.17) is 21.1 Å². The highest BCUT2D eigenvalue weighted by Gasteiger charge is 2.09. The lowest BCUT2D eigenvalue weighted by Crippen LogP contribution is -2.17. The molecule has 120 valence electrons. The van der Waals surface area contributed by atoms with Gasteiger partial charge in [0, 0.05) is 5.02 Å². The van der Waals surface area contributed by atoms with E-state index in [0.29, 0.717) is 22.1 Å². The molecule has 2 rings (SSSR count). The standard InChI is InChI=1S/C17H15ClO5/c1-11-9-14(7-8-15(11)18)22-10-16(19)23-13-5-3-12(4-6-13)17(20)21-2/h3-9H,10H2,1-2H3. The first kappa shape index (κ1) is 16.8. The SMILES string of the molecule is COC(=O)c1ccc(OC(=O)COc2ccc(Cl)c(C)c2)cc1. The van der Waals surface area contributed by atoms with Gasteiger partial charge in [0.15, 0.2) is 6.61 Å². The van der Waals surface area contributed by atoms with Gasteiger partial charge in [-0.1, -0.05) is 11.6 Å². The molecule has 0 amide bonds. The number of benzene rings is 2. The van der Waals surface area contributed by atoms with Gasteiger partial charge >= 0.3 is 11.9 Å². The minimum absolute atomic E-state index is 0.236. The summed E-state index contributed by atoms with van der Waals surface area (Å²) in [5.74, 6) is -0.156. The van der Waals surface area contributed by atoms with Gasteiger partial charge in [-0.2, -0.15) is 0 Å². The molecule has 0 bridgehead atoms. The first-order valence-corrected chi connectivity index (χ1v) is 7.15. The fourth-order valence-corrected chi connectivity index (χ4v) is 1.90. The van der Waals surface area contributed by atoms with Crippen molar-refractivity contribution >= 4 is 23.5 Å². The molecule has 0 aromatic heterocycles. The van der Waals surface area contributed by atoms with Gasteiger partial charge < -0.3 is 14.2 Å². The van der Waals surface area contributed by atoms with Crippen molar-refractivity contribution in [2.45, 2.75) is 6.92 Å². The summed E-state index contributed by atoms with van der Waals surface area (Å²) in [6, 6.07) is 11.2. The number of aryl methyl sites for hydroxylation is 1. The monoisotopic (exact) mass is 334 g/mol. The molecule has 6 heteroatoms. The topological polar surface area (TPSA) is 61.8 Å². The van der Waals surface area contributed by atoms with Crippen LogP contribution in [0.1, 0.15) is 15.9 Å². The Kier molecular flexibility index (Phi) is 5.60. The third-order valence-corrected chi connectivity index (χ3v) is 3.42. The highest BCUT2D eigenvalue weighted by Crippen LogP contribution is 2.21. The van der Waals surface area contributed by atoms with Gasteiger partial charge in [0.25, 0.3) is 0 Å². The first-order chi connectivity index (χ1) is 11.0. The Morgan fingerprint density at radius 2 is 1.70 bits per heavy atom. The number of halogens is 1. The van der Waals surface area contributed by atoms with Crippen LogP contribution < -0.4 is 9.47 Å². The maximum atomic E-state index is 11.7. The largest absolute Gasteiger partial charge is 0.482 e. The van der Waals surface area contributed by atoms with Crippen molar-refractivity contribution in [3.8, 4) is 11.5 Å². The van der Waals surface area contributed by atoms with Gasteiger partial charge in [0.1, 0.15) is 11.5 Å². The summed E-state index contributed by atoms with van der Waals surface area (Å²) in [6.07, 6.45) is 0. The van der Waals surface area contributed by atoms with Crippen molar-refractivity contribution in [1.29, 1.82) is 0 Å². The predicted molar refractivity (Wildman–Crippen MR) is 85.1 cm³/mol. The number of ether oxygens (including phenoxy) is 3. The lowest BCUT2D eigenvalue weighted by atomic mass is 10.2. The Labute approximate surface area is 138 Å². The minimum Gasteiger partial charge on any atom is -0.482 e. The van der Waals surface area contributed by atoms with Crippen molar-refractivity contribution in [2.24, 2.45) is 0 Å². The van der Waals surface area contributed by atoms with Crippen LogP contribution in [0.5, 0.6) is 11.5 Å². The number of carbonyl (C=O) groups is 2. The molecule has 23 heavy (non-hydrogen) atoms. The molecule has 0 saturated heterocycles. The third-order valence-electron chi connectivity index (χ3n) is 2.99. The second-order valence-corrected chi connectivity index (χ2v) is 5.10. The number of methoxy groups -OCH3 is 1. The highest BCUT2D eigenvalue weighted by molar-refractivity contribution is 6.31. The lowest BCUT2D eigenvalue weighted by Gasteiger charge is -2.08. The zero-order valence-corrected chi connectivity index (χ0v) is 13.4. The summed E-state index contributed by atoms with van der Waals surface area (Å²) in [5.41, 5.74) is 1.23. The second kappa shape index (κ2) is 7.65. The number of rotatable bonds is 5. The van der Waals surface area contributed by atoms with Crippen LogP contribution in [0.2, 0.25) is 5.02 Å². The maximum absolute atomic E-state index is 11.7. The Hall–Kier alpha value is -2.53. The molecule has 0 aliphatic rings. The van der Waals surface area contributed by atoms with Gasteiger partial charge in [-0.15, -0.1) is 0 Å². The second-order valence-electron chi connectivity index (χ2n) is 4.69. The van der Waals surface area contributed by atoms with Crippen molar-refractivity contribution in [3.63, 3.8) is 0 Å². The Morgan fingerprint density at radius 1 is 1.04 bits per heavy atom. The van der Waals surface area contributed by atoms with Crippen LogP contribution in [0.3, 0.4) is 0 Å². The number of carbonyl (C=O) groups excluding carboxylic acids is 2. The fraction of sp³-hybridized carbons (Fsp3) is 0.176. The van der Waals surface area contributed by atoms with Crippen LogP contribution in [0.15, 0.2) is 42.5 Å². The molecule has 2 aromatic carbocycles. The Bertz CT molecular complexity index is 709. The van der Waals surface area contributed by atoms with Crippen LogP contribution in [0.25, 0.3) is 0 Å². The van der Waals surface area contributed by atoms with E-state index in [0.717, 1.165) is 5.56 Å². The predicted octanol–water partition coefficient (Wildman–Crippen LogP) is 3.42. The van der Waals surface area contributed by atoms with Crippen LogP contribution >= 0.6 is 11.6 Å². The average Bonchev–Trinajstić information content (AvgIpc) is 2.56. The van der Waals surface area contributed by atoms with E-state index >= 15 is 0 Å². The molecule has 0 saturated carbocycles. The molecular weight excluding hydrogens is 320 g/mol. The summed E-state index contributed by atoms with van der Waals surface area (Å²) in [5, 5.41) is 0.630. The van der Waals surface area contributed by atoms with Crippen LogP contribution in [0, 0.1) is 6.92 Å². The molecule has 2 aromatic rings. The van der Waals surface area contributed by atoms with Crippen LogP contribution in [-0.4, -0.2) is 25.7 Å². The number of esters is 2. The van der Waals surface area contributed by atoms with Gasteiger partial charge in [-0.3, -0.25) is 0 Å². The van der Waals surface area contributed by atoms with E-state index in [1.165, 1.54) is 31.4 Å². The number of hydrogen-bond acceptors (Lipinski definition) is 5. The molecular formula is C17H15ClO5. The van der Waals surface area contributed by atoms with Crippen LogP contribution in [-0.2, 0) is 9.53 Å². The van der Waals surface area contributed by atoms with E-state index < -0.39 is 11.9 Å². The molecule has 0 unspecified atom stereocenters. The first-order valence-electron chi connectivity index (χ1n) is 6.77. The summed E-state index contributed by atoms with van der Waals surface area (Å²) >= 11 is 5.92. The summed E-state index contributed by atoms with van der Waals surface area (Å²) in [7, 11) is 1.30. The molecule has 0 radical (unpaired) electrons. The average molecular weight is 335 g/mol. The highest BCUT2D eigenvalue weighted by atomic mass is 35.5. The molecule has 0 aliphatic carbocycles. The summed E-state index contributed by atoms with van der Waals surface area (Å²) in [6.45, 7) is 1.61. The van der Waals surface area contributed by atoms with E-state index in [-0.39, 0.29) is 6.61 Å². The fourth-order valence-electron chi connectivity index (χ4n) is 1.79. The molecule has 0 fully saturated rings. The lowest BCUT2D eigenvalue weighted by molar-refractivity contribution is -0.136.